The van der Waals surface area contributed by atoms with E-state index < -0.39 is 21.9 Å². The Bertz CT molecular complexity index is 980. The second-order valence-electron chi connectivity index (χ2n) is 6.68. The topological polar surface area (TPSA) is 81.1 Å². The van der Waals surface area contributed by atoms with Gasteiger partial charge in [-0.3, -0.25) is 9.48 Å². The molecule has 1 aromatic carbocycles. The number of alkyl halides is 3. The molecule has 0 atom stereocenters. The molecule has 1 aliphatic rings. The molecule has 1 aliphatic carbocycles. The van der Waals surface area contributed by atoms with Gasteiger partial charge in [0.25, 0.3) is 0 Å². The van der Waals surface area contributed by atoms with Crippen molar-refractivity contribution in [2.75, 3.05) is 6.54 Å². The van der Waals surface area contributed by atoms with Crippen LogP contribution in [0.1, 0.15) is 47.1 Å². The van der Waals surface area contributed by atoms with Gasteiger partial charge in [0.2, 0.25) is 10.0 Å². The maximum Gasteiger partial charge on any atom is 0.435 e. The molecule has 2 aromatic rings. The van der Waals surface area contributed by atoms with Gasteiger partial charge in [0, 0.05) is 23.4 Å². The maximum absolute atomic E-state index is 13.2. The van der Waals surface area contributed by atoms with Gasteiger partial charge in [-0.15, -0.1) is 0 Å². The van der Waals surface area contributed by atoms with Crippen molar-refractivity contribution in [3.05, 3.63) is 46.8 Å². The SMILES string of the molecule is CC(=O)c1ccc(S(=O)(=O)NCCn2nc(C(F)(F)F)c3c2CCCC3)cc1. The fraction of sp³-hybridized carbons (Fsp3) is 0.444. The van der Waals surface area contributed by atoms with E-state index in [1.54, 1.807) is 0 Å². The van der Waals surface area contributed by atoms with Crippen LogP contribution in [0, 0.1) is 0 Å². The molecule has 152 valence electrons. The van der Waals surface area contributed by atoms with Crippen LogP contribution in [0.2, 0.25) is 0 Å². The molecule has 0 saturated carbocycles. The number of Topliss-reactive ketones (excluding diaryl/α,β-unsaturated/α-hetero) is 1. The van der Waals surface area contributed by atoms with E-state index in [0.717, 1.165) is 6.42 Å². The van der Waals surface area contributed by atoms with Gasteiger partial charge in [0.05, 0.1) is 11.4 Å². The van der Waals surface area contributed by atoms with Gasteiger partial charge in [-0.05, 0) is 44.7 Å². The first kappa shape index (κ1) is 20.5. The van der Waals surface area contributed by atoms with E-state index in [9.17, 15) is 26.4 Å². The number of fused-ring (bicyclic) bond motifs is 1. The summed E-state index contributed by atoms with van der Waals surface area (Å²) in [4.78, 5) is 11.3. The molecule has 0 aliphatic heterocycles. The average Bonchev–Trinajstić information content (AvgIpc) is 3.01. The number of aromatic nitrogens is 2. The van der Waals surface area contributed by atoms with Gasteiger partial charge in [-0.1, -0.05) is 12.1 Å². The Morgan fingerprint density at radius 3 is 2.43 bits per heavy atom. The third kappa shape index (κ3) is 4.27. The summed E-state index contributed by atoms with van der Waals surface area (Å²) in [5.41, 5.74) is 0.275. The summed E-state index contributed by atoms with van der Waals surface area (Å²) >= 11 is 0. The van der Waals surface area contributed by atoms with Gasteiger partial charge in [0.15, 0.2) is 11.5 Å². The summed E-state index contributed by atoms with van der Waals surface area (Å²) in [6.07, 6.45) is -2.23. The van der Waals surface area contributed by atoms with Crippen LogP contribution >= 0.6 is 0 Å². The van der Waals surface area contributed by atoms with Gasteiger partial charge in [-0.25, -0.2) is 13.1 Å². The number of carbonyl (C=O) groups is 1. The van der Waals surface area contributed by atoms with Crippen LogP contribution in [0.25, 0.3) is 0 Å². The molecule has 0 spiro atoms. The van der Waals surface area contributed by atoms with Crippen molar-refractivity contribution >= 4 is 15.8 Å². The highest BCUT2D eigenvalue weighted by Gasteiger charge is 2.39. The first-order chi connectivity index (χ1) is 13.1. The van der Waals surface area contributed by atoms with E-state index in [0.29, 0.717) is 30.5 Å². The van der Waals surface area contributed by atoms with Crippen LogP contribution < -0.4 is 4.72 Å². The Morgan fingerprint density at radius 2 is 1.82 bits per heavy atom. The Morgan fingerprint density at radius 1 is 1.18 bits per heavy atom. The molecule has 1 heterocycles. The highest BCUT2D eigenvalue weighted by molar-refractivity contribution is 7.89. The number of carbonyl (C=O) groups excluding carboxylic acids is 1. The fourth-order valence-electron chi connectivity index (χ4n) is 3.32. The number of sulfonamides is 1. The molecule has 6 nitrogen and oxygen atoms in total. The van der Waals surface area contributed by atoms with Crippen molar-refractivity contribution in [2.45, 2.75) is 50.2 Å². The molecular weight excluding hydrogens is 395 g/mol. The van der Waals surface area contributed by atoms with E-state index in [-0.39, 0.29) is 29.3 Å². The monoisotopic (exact) mass is 415 g/mol. The molecule has 0 amide bonds. The second-order valence-corrected chi connectivity index (χ2v) is 8.45. The standard InChI is InChI=1S/C18H20F3N3O3S/c1-12(25)13-6-8-14(9-7-13)28(26,27)22-10-11-24-16-5-3-2-4-15(16)17(23-24)18(19,20)21/h6-9,22H,2-5,10-11H2,1H3. The molecule has 3 rings (SSSR count). The minimum Gasteiger partial charge on any atom is -0.295 e. The quantitative estimate of drug-likeness (QED) is 0.736. The molecule has 28 heavy (non-hydrogen) atoms. The van der Waals surface area contributed by atoms with Crippen molar-refractivity contribution in [1.29, 1.82) is 0 Å². The smallest absolute Gasteiger partial charge is 0.295 e. The zero-order valence-electron chi connectivity index (χ0n) is 15.2. The molecule has 0 saturated heterocycles. The van der Waals surface area contributed by atoms with Crippen LogP contribution in [0.5, 0.6) is 0 Å². The second kappa shape index (κ2) is 7.67. The van der Waals surface area contributed by atoms with E-state index in [1.807, 2.05) is 0 Å². The highest BCUT2D eigenvalue weighted by Crippen LogP contribution is 2.35. The number of hydrogen-bond acceptors (Lipinski definition) is 4. The average molecular weight is 415 g/mol. The number of rotatable bonds is 6. The van der Waals surface area contributed by atoms with Crippen LogP contribution in [0.3, 0.4) is 0 Å². The fourth-order valence-corrected chi connectivity index (χ4v) is 4.34. The number of nitrogens with zero attached hydrogens (tertiary/aromatic N) is 2. The van der Waals surface area contributed by atoms with Crippen molar-refractivity contribution in [3.8, 4) is 0 Å². The van der Waals surface area contributed by atoms with Crippen LogP contribution in [-0.4, -0.2) is 30.5 Å². The first-order valence-electron chi connectivity index (χ1n) is 8.86. The van der Waals surface area contributed by atoms with Crippen molar-refractivity contribution in [2.24, 2.45) is 0 Å². The number of halogens is 3. The summed E-state index contributed by atoms with van der Waals surface area (Å²) in [6, 6.07) is 5.46. The summed E-state index contributed by atoms with van der Waals surface area (Å²) in [5.74, 6) is -0.180. The molecular formula is C18H20F3N3O3S. The third-order valence-corrected chi connectivity index (χ3v) is 6.19. The lowest BCUT2D eigenvalue weighted by Crippen LogP contribution is -2.28. The zero-order valence-corrected chi connectivity index (χ0v) is 16.0. The van der Waals surface area contributed by atoms with Crippen LogP contribution in [-0.2, 0) is 35.6 Å². The number of benzene rings is 1. The van der Waals surface area contributed by atoms with E-state index in [4.69, 9.17) is 0 Å². The summed E-state index contributed by atoms with van der Waals surface area (Å²) in [5, 5.41) is 3.71. The third-order valence-electron chi connectivity index (χ3n) is 4.71. The number of nitrogens with one attached hydrogen (secondary N) is 1. The molecule has 10 heteroatoms. The predicted octanol–water partition coefficient (Wildman–Crippen LogP) is 2.96. The molecule has 1 N–H and O–H groups in total. The number of hydrogen-bond donors (Lipinski definition) is 1. The van der Waals surface area contributed by atoms with E-state index >= 15 is 0 Å². The van der Waals surface area contributed by atoms with Gasteiger partial charge >= 0.3 is 6.18 Å². The predicted molar refractivity (Wildman–Crippen MR) is 95.5 cm³/mol. The minimum atomic E-state index is -4.52. The lowest BCUT2D eigenvalue weighted by Gasteiger charge is -2.15. The van der Waals surface area contributed by atoms with Crippen LogP contribution in [0.15, 0.2) is 29.2 Å². The van der Waals surface area contributed by atoms with Gasteiger partial charge in [0.1, 0.15) is 0 Å². The molecule has 1 aromatic heterocycles. The molecule has 0 bridgehead atoms. The highest BCUT2D eigenvalue weighted by atomic mass is 32.2. The Kier molecular flexibility index (Phi) is 5.62. The Balaban J connectivity index is 1.72. The van der Waals surface area contributed by atoms with Crippen LogP contribution in [0.4, 0.5) is 13.2 Å². The van der Waals surface area contributed by atoms with Crippen molar-refractivity contribution in [3.63, 3.8) is 0 Å². The Hall–Kier alpha value is -2.20. The van der Waals surface area contributed by atoms with E-state index in [2.05, 4.69) is 9.82 Å². The molecule has 0 unspecified atom stereocenters. The van der Waals surface area contributed by atoms with E-state index in [1.165, 1.54) is 35.9 Å². The normalized spacial score (nSPS) is 14.7. The largest absolute Gasteiger partial charge is 0.435 e. The van der Waals surface area contributed by atoms with Crippen molar-refractivity contribution < 1.29 is 26.4 Å². The van der Waals surface area contributed by atoms with Crippen molar-refractivity contribution in [1.82, 2.24) is 14.5 Å². The summed E-state index contributed by atoms with van der Waals surface area (Å²) < 4.78 is 67.9. The summed E-state index contributed by atoms with van der Waals surface area (Å²) in [6.45, 7) is 1.28. The lowest BCUT2D eigenvalue weighted by atomic mass is 9.95. The Labute approximate surface area is 160 Å². The van der Waals surface area contributed by atoms with Gasteiger partial charge < -0.3 is 0 Å². The molecule has 0 radical (unpaired) electrons. The van der Waals surface area contributed by atoms with Gasteiger partial charge in [-0.2, -0.15) is 18.3 Å². The first-order valence-corrected chi connectivity index (χ1v) is 10.3. The summed E-state index contributed by atoms with van der Waals surface area (Å²) in [7, 11) is -3.84. The minimum absolute atomic E-state index is 0.00315. The molecule has 0 fully saturated rings. The number of ketones is 1. The zero-order chi connectivity index (χ0) is 20.5. The lowest BCUT2D eigenvalue weighted by molar-refractivity contribution is -0.142. The maximum atomic E-state index is 13.2.